The van der Waals surface area contributed by atoms with E-state index in [1.165, 1.54) is 22.0 Å². The second-order valence-electron chi connectivity index (χ2n) is 5.97. The molecule has 4 aromatic heterocycles. The molecule has 0 aliphatic carbocycles. The molecule has 128 valence electrons. The van der Waals surface area contributed by atoms with Crippen LogP contribution in [0.3, 0.4) is 0 Å². The number of aromatic nitrogens is 4. The summed E-state index contributed by atoms with van der Waals surface area (Å²) < 4.78 is 8.76. The monoisotopic (exact) mass is 354 g/mol. The minimum atomic E-state index is -0.144. The van der Waals surface area contributed by atoms with Gasteiger partial charge >= 0.3 is 0 Å². The molecule has 0 saturated carbocycles. The van der Waals surface area contributed by atoms with Crippen molar-refractivity contribution in [3.05, 3.63) is 63.1 Å². The molecule has 1 N–H and O–H groups in total. The van der Waals surface area contributed by atoms with Crippen LogP contribution in [0.5, 0.6) is 0 Å². The van der Waals surface area contributed by atoms with Gasteiger partial charge in [0, 0.05) is 30.6 Å². The molecule has 6 nitrogen and oxygen atoms in total. The van der Waals surface area contributed by atoms with E-state index in [1.807, 2.05) is 6.07 Å². The van der Waals surface area contributed by atoms with E-state index >= 15 is 0 Å². The molecule has 0 unspecified atom stereocenters. The van der Waals surface area contributed by atoms with E-state index < -0.39 is 0 Å². The van der Waals surface area contributed by atoms with Crippen LogP contribution in [0.4, 0.5) is 0 Å². The van der Waals surface area contributed by atoms with E-state index in [0.29, 0.717) is 17.9 Å². The molecule has 25 heavy (non-hydrogen) atoms. The molecule has 0 aliphatic heterocycles. The molecular formula is C18H18N4O2S. The van der Waals surface area contributed by atoms with Gasteiger partial charge in [0.1, 0.15) is 0 Å². The maximum absolute atomic E-state index is 12.3. The summed E-state index contributed by atoms with van der Waals surface area (Å²) in [5, 5.41) is 5.23. The molecule has 0 radical (unpaired) electrons. The average molecular weight is 354 g/mol. The Morgan fingerprint density at radius 3 is 2.68 bits per heavy atom. The van der Waals surface area contributed by atoms with Gasteiger partial charge in [-0.05, 0) is 37.4 Å². The normalized spacial score (nSPS) is 11.5. The molecule has 0 aromatic carbocycles. The SMILES string of the molecule is COCc1cc(=O)n2[nH]c(-c3sccc3-n3c(C)ccc3C)cc2n1. The summed E-state index contributed by atoms with van der Waals surface area (Å²) in [6.45, 7) is 4.49. The van der Waals surface area contributed by atoms with E-state index in [1.54, 1.807) is 18.4 Å². The van der Waals surface area contributed by atoms with Gasteiger partial charge in [-0.15, -0.1) is 11.3 Å². The number of ether oxygens (including phenoxy) is 1. The number of rotatable bonds is 4. The molecule has 7 heteroatoms. The van der Waals surface area contributed by atoms with Crippen molar-refractivity contribution in [3.63, 3.8) is 0 Å². The molecule has 4 heterocycles. The summed E-state index contributed by atoms with van der Waals surface area (Å²) in [5.74, 6) is 0. The molecule has 0 spiro atoms. The van der Waals surface area contributed by atoms with Gasteiger partial charge in [-0.1, -0.05) is 0 Å². The van der Waals surface area contributed by atoms with E-state index in [9.17, 15) is 4.79 Å². The van der Waals surface area contributed by atoms with Gasteiger partial charge in [-0.3, -0.25) is 9.89 Å². The van der Waals surface area contributed by atoms with Crippen LogP contribution in [-0.4, -0.2) is 26.3 Å². The second-order valence-corrected chi connectivity index (χ2v) is 6.88. The number of nitrogens with one attached hydrogen (secondary N) is 1. The number of aryl methyl sites for hydroxylation is 2. The van der Waals surface area contributed by atoms with Gasteiger partial charge in [-0.25, -0.2) is 9.50 Å². The molecule has 0 fully saturated rings. The molecule has 0 saturated heterocycles. The highest BCUT2D eigenvalue weighted by Gasteiger charge is 2.15. The highest BCUT2D eigenvalue weighted by atomic mass is 32.1. The molecule has 4 rings (SSSR count). The van der Waals surface area contributed by atoms with Crippen LogP contribution >= 0.6 is 11.3 Å². The Morgan fingerprint density at radius 1 is 1.20 bits per heavy atom. The third kappa shape index (κ3) is 2.61. The maximum Gasteiger partial charge on any atom is 0.272 e. The van der Waals surface area contributed by atoms with Crippen LogP contribution in [0.25, 0.3) is 21.9 Å². The summed E-state index contributed by atoms with van der Waals surface area (Å²) in [7, 11) is 1.59. The van der Waals surface area contributed by atoms with Gasteiger partial charge in [0.2, 0.25) is 0 Å². The number of thiophene rings is 1. The fourth-order valence-corrected chi connectivity index (χ4v) is 3.95. The highest BCUT2D eigenvalue weighted by molar-refractivity contribution is 7.14. The Morgan fingerprint density at radius 2 is 1.96 bits per heavy atom. The number of methoxy groups -OCH3 is 1. The Labute approximate surface area is 148 Å². The van der Waals surface area contributed by atoms with Crippen molar-refractivity contribution < 1.29 is 4.74 Å². The number of nitrogens with zero attached hydrogens (tertiary/aromatic N) is 3. The first-order valence-electron chi connectivity index (χ1n) is 7.92. The minimum absolute atomic E-state index is 0.144. The summed E-state index contributed by atoms with van der Waals surface area (Å²) in [6.07, 6.45) is 0. The van der Waals surface area contributed by atoms with Crippen molar-refractivity contribution >= 4 is 17.0 Å². The number of hydrogen-bond donors (Lipinski definition) is 1. The summed E-state index contributed by atoms with van der Waals surface area (Å²) in [6, 6.07) is 9.70. The van der Waals surface area contributed by atoms with E-state index in [0.717, 1.165) is 16.3 Å². The summed E-state index contributed by atoms with van der Waals surface area (Å²) in [5.41, 5.74) is 5.39. The van der Waals surface area contributed by atoms with Gasteiger partial charge in [0.15, 0.2) is 5.65 Å². The zero-order chi connectivity index (χ0) is 17.6. The molecule has 0 amide bonds. The molecule has 0 bridgehead atoms. The molecular weight excluding hydrogens is 336 g/mol. The van der Waals surface area contributed by atoms with E-state index in [4.69, 9.17) is 4.74 Å². The van der Waals surface area contributed by atoms with Crippen LogP contribution in [0.1, 0.15) is 17.1 Å². The van der Waals surface area contributed by atoms with Crippen LogP contribution in [-0.2, 0) is 11.3 Å². The Balaban J connectivity index is 1.88. The largest absolute Gasteiger partial charge is 0.378 e. The third-order valence-corrected chi connectivity index (χ3v) is 5.13. The standard InChI is InChI=1S/C18H18N4O2S/c1-11-4-5-12(2)21(11)15-6-7-25-18(15)14-9-16-19-13(10-24-3)8-17(23)22(16)20-14/h4-9,20H,10H2,1-3H3. The number of aromatic amines is 1. The molecule has 0 aliphatic rings. The van der Waals surface area contributed by atoms with E-state index in [2.05, 4.69) is 52.1 Å². The zero-order valence-corrected chi connectivity index (χ0v) is 15.1. The quantitative estimate of drug-likeness (QED) is 0.611. The van der Waals surface area contributed by atoms with Crippen LogP contribution in [0.15, 0.2) is 40.5 Å². The smallest absolute Gasteiger partial charge is 0.272 e. The predicted octanol–water partition coefficient (Wildman–Crippen LogP) is 3.31. The average Bonchev–Trinajstić information content (AvgIpc) is 3.26. The Bertz CT molecular complexity index is 1100. The van der Waals surface area contributed by atoms with Gasteiger partial charge in [0.25, 0.3) is 5.56 Å². The lowest BCUT2D eigenvalue weighted by Crippen LogP contribution is -2.15. The van der Waals surface area contributed by atoms with Gasteiger partial charge in [0.05, 0.1) is 28.6 Å². The second kappa shape index (κ2) is 6.02. The van der Waals surface area contributed by atoms with Crippen LogP contribution in [0.2, 0.25) is 0 Å². The van der Waals surface area contributed by atoms with Crippen molar-refractivity contribution in [2.24, 2.45) is 0 Å². The van der Waals surface area contributed by atoms with E-state index in [-0.39, 0.29) is 5.56 Å². The molecule has 0 atom stereocenters. The summed E-state index contributed by atoms with van der Waals surface area (Å²) >= 11 is 1.63. The zero-order valence-electron chi connectivity index (χ0n) is 14.2. The van der Waals surface area contributed by atoms with Crippen molar-refractivity contribution in [1.29, 1.82) is 0 Å². The van der Waals surface area contributed by atoms with Gasteiger partial charge in [-0.2, -0.15) is 0 Å². The fourth-order valence-electron chi connectivity index (χ4n) is 3.11. The lowest BCUT2D eigenvalue weighted by atomic mass is 10.3. The van der Waals surface area contributed by atoms with Crippen LogP contribution < -0.4 is 5.56 Å². The van der Waals surface area contributed by atoms with Crippen LogP contribution in [0, 0.1) is 13.8 Å². The number of H-pyrrole nitrogens is 1. The highest BCUT2D eigenvalue weighted by Crippen LogP contribution is 2.33. The number of fused-ring (bicyclic) bond motifs is 1. The van der Waals surface area contributed by atoms with Crippen molar-refractivity contribution in [2.75, 3.05) is 7.11 Å². The molecule has 4 aromatic rings. The Hall–Kier alpha value is -2.64. The minimum Gasteiger partial charge on any atom is -0.378 e. The fraction of sp³-hybridized carbons (Fsp3) is 0.222. The van der Waals surface area contributed by atoms with Crippen molar-refractivity contribution in [3.8, 4) is 16.3 Å². The topological polar surface area (TPSA) is 64.3 Å². The Kier molecular flexibility index (Phi) is 3.82. The van der Waals surface area contributed by atoms with Crippen molar-refractivity contribution in [1.82, 2.24) is 19.2 Å². The maximum atomic E-state index is 12.3. The summed E-state index contributed by atoms with van der Waals surface area (Å²) in [4.78, 5) is 17.9. The first-order chi connectivity index (χ1) is 12.1. The lowest BCUT2D eigenvalue weighted by Gasteiger charge is -2.09. The first kappa shape index (κ1) is 15.9. The predicted molar refractivity (Wildman–Crippen MR) is 98.6 cm³/mol. The third-order valence-electron chi connectivity index (χ3n) is 4.20. The lowest BCUT2D eigenvalue weighted by molar-refractivity contribution is 0.181. The van der Waals surface area contributed by atoms with Crippen molar-refractivity contribution in [2.45, 2.75) is 20.5 Å². The van der Waals surface area contributed by atoms with Gasteiger partial charge < -0.3 is 9.30 Å². The first-order valence-corrected chi connectivity index (χ1v) is 8.80. The number of hydrogen-bond acceptors (Lipinski definition) is 4.